The molecule has 5 rings (SSSR count). The van der Waals surface area contributed by atoms with E-state index in [4.69, 9.17) is 18.9 Å². The van der Waals surface area contributed by atoms with Crippen molar-refractivity contribution in [2.24, 2.45) is 16.7 Å². The van der Waals surface area contributed by atoms with Crippen molar-refractivity contribution >= 4 is 17.9 Å². The van der Waals surface area contributed by atoms with Crippen molar-refractivity contribution in [1.29, 1.82) is 0 Å². The van der Waals surface area contributed by atoms with Crippen LogP contribution >= 0.6 is 0 Å². The lowest BCUT2D eigenvalue weighted by Gasteiger charge is -2.69. The SMILES string of the molecule is CC(=O)OC1C(OC(=O)c2cccnc2)C2(C)OC3(CCC2(C)C2CCC=C(C)C12C)COC(=O)C3. The van der Waals surface area contributed by atoms with Crippen LogP contribution in [0.2, 0.25) is 0 Å². The van der Waals surface area contributed by atoms with Crippen molar-refractivity contribution < 1.29 is 33.3 Å². The van der Waals surface area contributed by atoms with Gasteiger partial charge < -0.3 is 18.9 Å². The van der Waals surface area contributed by atoms with E-state index >= 15 is 0 Å². The van der Waals surface area contributed by atoms with E-state index in [1.807, 2.05) is 6.92 Å². The van der Waals surface area contributed by atoms with Crippen LogP contribution in [0.25, 0.3) is 0 Å². The fraction of sp³-hybridized carbons (Fsp3) is 0.643. The molecule has 36 heavy (non-hydrogen) atoms. The third-order valence-electron chi connectivity index (χ3n) is 9.71. The number of nitrogens with zero attached hydrogens (tertiary/aromatic N) is 1. The highest BCUT2D eigenvalue weighted by Gasteiger charge is 2.74. The quantitative estimate of drug-likeness (QED) is 0.348. The Morgan fingerprint density at radius 3 is 2.56 bits per heavy atom. The molecular formula is C28H35NO7. The van der Waals surface area contributed by atoms with Gasteiger partial charge in [-0.25, -0.2) is 4.79 Å². The fourth-order valence-electron chi connectivity index (χ4n) is 7.53. The van der Waals surface area contributed by atoms with Gasteiger partial charge in [-0.3, -0.25) is 14.6 Å². The second kappa shape index (κ2) is 8.40. The number of hydrogen-bond acceptors (Lipinski definition) is 8. The first kappa shape index (κ1) is 24.9. The Morgan fingerprint density at radius 2 is 1.92 bits per heavy atom. The summed E-state index contributed by atoms with van der Waals surface area (Å²) in [7, 11) is 0. The molecule has 1 spiro atoms. The molecule has 194 valence electrons. The molecular weight excluding hydrogens is 462 g/mol. The second-order valence-corrected chi connectivity index (χ2v) is 11.5. The van der Waals surface area contributed by atoms with Crippen molar-refractivity contribution in [2.75, 3.05) is 6.61 Å². The number of ether oxygens (including phenoxy) is 4. The van der Waals surface area contributed by atoms with E-state index < -0.39 is 46.2 Å². The molecule has 7 atom stereocenters. The third-order valence-corrected chi connectivity index (χ3v) is 9.71. The van der Waals surface area contributed by atoms with E-state index in [0.29, 0.717) is 12.0 Å². The predicted molar refractivity (Wildman–Crippen MR) is 129 cm³/mol. The van der Waals surface area contributed by atoms with Gasteiger partial charge in [0.05, 0.1) is 12.0 Å². The van der Waals surface area contributed by atoms with E-state index in [9.17, 15) is 14.4 Å². The van der Waals surface area contributed by atoms with Crippen LogP contribution in [-0.2, 0) is 28.5 Å². The maximum absolute atomic E-state index is 13.4. The zero-order valence-electron chi connectivity index (χ0n) is 21.7. The molecule has 2 aliphatic heterocycles. The molecule has 7 unspecified atom stereocenters. The van der Waals surface area contributed by atoms with Crippen LogP contribution in [0.4, 0.5) is 0 Å². The van der Waals surface area contributed by atoms with Crippen LogP contribution in [0.5, 0.6) is 0 Å². The van der Waals surface area contributed by atoms with Crippen molar-refractivity contribution in [2.45, 2.75) is 90.1 Å². The minimum absolute atomic E-state index is 0.105. The Hall–Kier alpha value is -2.74. The van der Waals surface area contributed by atoms with Gasteiger partial charge in [0, 0.05) is 30.1 Å². The van der Waals surface area contributed by atoms with Gasteiger partial charge in [-0.2, -0.15) is 0 Å². The van der Waals surface area contributed by atoms with Gasteiger partial charge in [0.25, 0.3) is 0 Å². The van der Waals surface area contributed by atoms with Gasteiger partial charge in [0.15, 0.2) is 12.2 Å². The summed E-state index contributed by atoms with van der Waals surface area (Å²) >= 11 is 0. The summed E-state index contributed by atoms with van der Waals surface area (Å²) in [6.07, 6.45) is 6.95. The first-order chi connectivity index (χ1) is 17.0. The van der Waals surface area contributed by atoms with Crippen LogP contribution in [0.1, 0.15) is 77.1 Å². The van der Waals surface area contributed by atoms with Crippen LogP contribution < -0.4 is 0 Å². The average Bonchev–Trinajstić information content (AvgIpc) is 3.20. The Balaban J connectivity index is 1.66. The minimum Gasteiger partial charge on any atom is -0.463 e. The normalized spacial score (nSPS) is 41.5. The smallest absolute Gasteiger partial charge is 0.340 e. The van der Waals surface area contributed by atoms with E-state index in [1.165, 1.54) is 13.1 Å². The molecule has 0 aromatic carbocycles. The number of fused-ring (bicyclic) bond motifs is 3. The molecule has 1 aromatic heterocycles. The molecule has 8 nitrogen and oxygen atoms in total. The van der Waals surface area contributed by atoms with Gasteiger partial charge in [-0.05, 0) is 57.6 Å². The number of cyclic esters (lactones) is 1. The molecule has 3 heterocycles. The van der Waals surface area contributed by atoms with Crippen LogP contribution in [0, 0.1) is 16.7 Å². The summed E-state index contributed by atoms with van der Waals surface area (Å²) < 4.78 is 24.6. The van der Waals surface area contributed by atoms with Crippen LogP contribution in [-0.4, -0.2) is 52.9 Å². The van der Waals surface area contributed by atoms with Crippen molar-refractivity contribution in [3.8, 4) is 0 Å². The number of allylic oxidation sites excluding steroid dienone is 1. The molecule has 2 aliphatic carbocycles. The molecule has 4 aliphatic rings. The van der Waals surface area contributed by atoms with Gasteiger partial charge in [-0.15, -0.1) is 0 Å². The van der Waals surface area contributed by atoms with Crippen LogP contribution in [0.3, 0.4) is 0 Å². The topological polar surface area (TPSA) is 101 Å². The van der Waals surface area contributed by atoms with Crippen molar-refractivity contribution in [1.82, 2.24) is 4.98 Å². The van der Waals surface area contributed by atoms with E-state index in [0.717, 1.165) is 24.8 Å². The molecule has 0 radical (unpaired) electrons. The number of carbonyl (C=O) groups is 3. The largest absolute Gasteiger partial charge is 0.463 e. The Morgan fingerprint density at radius 1 is 1.14 bits per heavy atom. The molecule has 1 saturated carbocycles. The molecule has 0 amide bonds. The number of aromatic nitrogens is 1. The molecule has 1 aromatic rings. The highest BCUT2D eigenvalue weighted by molar-refractivity contribution is 5.89. The highest BCUT2D eigenvalue weighted by Crippen LogP contribution is 2.68. The Kier molecular flexibility index (Phi) is 5.82. The third kappa shape index (κ3) is 3.51. The summed E-state index contributed by atoms with van der Waals surface area (Å²) in [6.45, 7) is 9.90. The summed E-state index contributed by atoms with van der Waals surface area (Å²) in [5, 5.41) is 0. The zero-order valence-corrected chi connectivity index (χ0v) is 21.7. The van der Waals surface area contributed by atoms with Crippen LogP contribution in [0.15, 0.2) is 36.2 Å². The Labute approximate surface area is 211 Å². The van der Waals surface area contributed by atoms with Gasteiger partial charge >= 0.3 is 17.9 Å². The molecule has 8 heteroatoms. The predicted octanol–water partition coefficient (Wildman–Crippen LogP) is 4.18. The summed E-state index contributed by atoms with van der Waals surface area (Å²) in [5.74, 6) is -1.19. The van der Waals surface area contributed by atoms with E-state index in [1.54, 1.807) is 18.3 Å². The fourth-order valence-corrected chi connectivity index (χ4v) is 7.53. The number of rotatable bonds is 3. The zero-order chi connectivity index (χ0) is 25.9. The monoisotopic (exact) mass is 497 g/mol. The summed E-state index contributed by atoms with van der Waals surface area (Å²) in [5.41, 5.74) is -1.40. The number of pyridine rings is 1. The number of carbonyl (C=O) groups excluding carboxylic acids is 3. The maximum Gasteiger partial charge on any atom is 0.340 e. The van der Waals surface area contributed by atoms with Gasteiger partial charge in [0.2, 0.25) is 0 Å². The van der Waals surface area contributed by atoms with E-state index in [2.05, 4.69) is 31.8 Å². The van der Waals surface area contributed by atoms with E-state index in [-0.39, 0.29) is 24.9 Å². The lowest BCUT2D eigenvalue weighted by atomic mass is 9.42. The first-order valence-corrected chi connectivity index (χ1v) is 12.8. The van der Waals surface area contributed by atoms with Gasteiger partial charge in [-0.1, -0.05) is 25.5 Å². The minimum atomic E-state index is -1.04. The lowest BCUT2D eigenvalue weighted by Crippen LogP contribution is -2.76. The molecule has 2 saturated heterocycles. The van der Waals surface area contributed by atoms with Gasteiger partial charge in [0.1, 0.15) is 17.8 Å². The standard InChI is InChI=1S/C28H35NO7/c1-17-8-6-10-20-25(3)11-12-28(14-21(31)33-16-28)36-27(25,5)23(22(26(17,20)4)34-18(2)30)35-24(32)19-9-7-13-29-15-19/h7-9,13,15,20,22-23H,6,10-12,14,16H2,1-5H3. The molecule has 0 N–H and O–H groups in total. The summed E-state index contributed by atoms with van der Waals surface area (Å²) in [4.78, 5) is 42.1. The lowest BCUT2D eigenvalue weighted by molar-refractivity contribution is -0.339. The second-order valence-electron chi connectivity index (χ2n) is 11.5. The maximum atomic E-state index is 13.4. The number of hydrogen-bond donors (Lipinski definition) is 0. The summed E-state index contributed by atoms with van der Waals surface area (Å²) in [6, 6.07) is 3.31. The van der Waals surface area contributed by atoms with Crippen molar-refractivity contribution in [3.63, 3.8) is 0 Å². The average molecular weight is 498 g/mol. The molecule has 0 bridgehead atoms. The number of esters is 3. The first-order valence-electron chi connectivity index (χ1n) is 12.8. The Bertz CT molecular complexity index is 1120. The highest BCUT2D eigenvalue weighted by atomic mass is 16.6. The van der Waals surface area contributed by atoms with Crippen molar-refractivity contribution in [3.05, 3.63) is 41.7 Å². The molecule has 3 fully saturated rings.